The van der Waals surface area contributed by atoms with Crippen LogP contribution in [0.25, 0.3) is 0 Å². The van der Waals surface area contributed by atoms with E-state index in [0.717, 1.165) is 6.08 Å². The van der Waals surface area contributed by atoms with E-state index in [-0.39, 0.29) is 0 Å². The third kappa shape index (κ3) is 3.43. The van der Waals surface area contributed by atoms with Crippen LogP contribution in [0.1, 0.15) is 0 Å². The Balaban J connectivity index is 3.30. The molecule has 0 aliphatic rings. The second kappa shape index (κ2) is 2.65. The predicted octanol–water partition coefficient (Wildman–Crippen LogP) is -0.247. The first kappa shape index (κ1) is 5.43. The number of aliphatic carboxylic acids is 1. The highest BCUT2D eigenvalue weighted by atomic mass is 28.1. The van der Waals surface area contributed by atoms with Crippen molar-refractivity contribution >= 4 is 16.2 Å². The summed E-state index contributed by atoms with van der Waals surface area (Å²) in [6, 6.07) is 0. The molecular formula is C3H3O2Si. The second-order valence-electron chi connectivity index (χ2n) is 0.672. The number of hydrogen-bond acceptors (Lipinski definition) is 1. The quantitative estimate of drug-likeness (QED) is 0.363. The molecule has 0 aliphatic carbocycles. The van der Waals surface area contributed by atoms with Gasteiger partial charge in [-0.15, -0.1) is 0 Å². The van der Waals surface area contributed by atoms with Crippen molar-refractivity contribution < 1.29 is 9.90 Å². The van der Waals surface area contributed by atoms with Crippen molar-refractivity contribution in [1.29, 1.82) is 0 Å². The maximum absolute atomic E-state index is 9.48. The number of carboxylic acids is 1. The molecule has 0 aromatic rings. The number of hydrogen-bond donors (Lipinski definition) is 1. The lowest BCUT2D eigenvalue weighted by atomic mass is 10.7. The van der Waals surface area contributed by atoms with Gasteiger partial charge in [0.2, 0.25) is 0 Å². The average Bonchev–Trinajstić information content (AvgIpc) is 1.35. The van der Waals surface area contributed by atoms with E-state index in [1.165, 1.54) is 5.70 Å². The lowest BCUT2D eigenvalue weighted by Crippen LogP contribution is -1.84. The lowest BCUT2D eigenvalue weighted by Gasteiger charge is -1.68. The van der Waals surface area contributed by atoms with Crippen molar-refractivity contribution in [3.63, 3.8) is 0 Å². The Morgan fingerprint density at radius 1 is 1.83 bits per heavy atom. The largest absolute Gasteiger partial charge is 0.478 e. The Morgan fingerprint density at radius 3 is 2.33 bits per heavy atom. The van der Waals surface area contributed by atoms with Gasteiger partial charge in [0.1, 0.15) is 0 Å². The molecule has 0 unspecified atom stereocenters. The molecule has 0 bridgehead atoms. The molecule has 2 nitrogen and oxygen atoms in total. The van der Waals surface area contributed by atoms with Crippen LogP contribution in [-0.2, 0) is 4.79 Å². The van der Waals surface area contributed by atoms with Crippen LogP contribution in [0.3, 0.4) is 0 Å². The summed E-state index contributed by atoms with van der Waals surface area (Å²) >= 11 is 0. The van der Waals surface area contributed by atoms with Crippen LogP contribution in [0, 0.1) is 0 Å². The fourth-order valence-corrected chi connectivity index (χ4v) is 0.214. The van der Waals surface area contributed by atoms with Crippen LogP contribution >= 0.6 is 0 Å². The van der Waals surface area contributed by atoms with Gasteiger partial charge in [0.25, 0.3) is 0 Å². The molecule has 0 aromatic heterocycles. The van der Waals surface area contributed by atoms with Crippen LogP contribution in [-0.4, -0.2) is 21.3 Å². The van der Waals surface area contributed by atoms with Gasteiger partial charge in [0, 0.05) is 6.08 Å². The van der Waals surface area contributed by atoms with Gasteiger partial charge < -0.3 is 5.11 Å². The molecule has 31 valence electrons. The molecule has 0 rings (SSSR count). The summed E-state index contributed by atoms with van der Waals surface area (Å²) in [4.78, 5) is 9.48. The van der Waals surface area contributed by atoms with Crippen LogP contribution < -0.4 is 0 Å². The summed E-state index contributed by atoms with van der Waals surface area (Å²) in [6.07, 6.45) is 0.997. The summed E-state index contributed by atoms with van der Waals surface area (Å²) in [7, 11) is 2.83. The standard InChI is InChI=1S/C3H3O2Si/c4-3(5)1-2-6/h1-2H,(H,4,5)/b2-1+. The molecule has 1 N–H and O–H groups in total. The van der Waals surface area contributed by atoms with E-state index in [9.17, 15) is 4.79 Å². The molecule has 0 aromatic carbocycles. The SMILES string of the molecule is O=C(O)/C=C/[Si]. The van der Waals surface area contributed by atoms with Crippen LogP contribution in [0.2, 0.25) is 0 Å². The van der Waals surface area contributed by atoms with E-state index in [0.29, 0.717) is 0 Å². The molecule has 0 atom stereocenters. The van der Waals surface area contributed by atoms with Gasteiger partial charge in [-0.2, -0.15) is 0 Å². The zero-order chi connectivity index (χ0) is 4.99. The fraction of sp³-hybridized carbons (Fsp3) is 0. The van der Waals surface area contributed by atoms with E-state index in [1.54, 1.807) is 0 Å². The monoisotopic (exact) mass is 99.0 g/mol. The van der Waals surface area contributed by atoms with E-state index in [1.807, 2.05) is 0 Å². The molecule has 3 radical (unpaired) electrons. The zero-order valence-corrected chi connectivity index (χ0v) is 4.01. The Morgan fingerprint density at radius 2 is 2.33 bits per heavy atom. The van der Waals surface area contributed by atoms with Crippen molar-refractivity contribution in [2.24, 2.45) is 0 Å². The van der Waals surface area contributed by atoms with Gasteiger partial charge >= 0.3 is 5.97 Å². The topological polar surface area (TPSA) is 37.3 Å². The molecule has 0 fully saturated rings. The first-order valence-corrected chi connectivity index (χ1v) is 1.92. The number of rotatable bonds is 1. The van der Waals surface area contributed by atoms with E-state index >= 15 is 0 Å². The Bertz CT molecular complexity index is 76.9. The lowest BCUT2D eigenvalue weighted by molar-refractivity contribution is -0.131. The first-order valence-electron chi connectivity index (χ1n) is 1.34. The Hall–Kier alpha value is -0.573. The summed E-state index contributed by atoms with van der Waals surface area (Å²) in [5.41, 5.74) is 1.28. The molecule has 0 heterocycles. The Kier molecular flexibility index (Phi) is 2.40. The van der Waals surface area contributed by atoms with Crippen molar-refractivity contribution in [2.45, 2.75) is 0 Å². The van der Waals surface area contributed by atoms with E-state index < -0.39 is 5.97 Å². The van der Waals surface area contributed by atoms with Gasteiger partial charge in [-0.05, 0) is 0 Å². The van der Waals surface area contributed by atoms with Gasteiger partial charge in [0.15, 0.2) is 0 Å². The molecule has 6 heavy (non-hydrogen) atoms. The molecule has 0 saturated carbocycles. The molecule has 0 spiro atoms. The van der Waals surface area contributed by atoms with Crippen molar-refractivity contribution in [3.05, 3.63) is 11.8 Å². The third-order valence-corrected chi connectivity index (χ3v) is 0.393. The highest BCUT2D eigenvalue weighted by Gasteiger charge is 1.76. The summed E-state index contributed by atoms with van der Waals surface area (Å²) in [6.45, 7) is 0. The molecule has 0 aliphatic heterocycles. The second-order valence-corrected chi connectivity index (χ2v) is 1.00. The average molecular weight is 99.1 g/mol. The van der Waals surface area contributed by atoms with Crippen molar-refractivity contribution in [2.75, 3.05) is 0 Å². The third-order valence-electron chi connectivity index (χ3n) is 0.226. The highest BCUT2D eigenvalue weighted by Crippen LogP contribution is 1.61. The molecule has 0 amide bonds. The smallest absolute Gasteiger partial charge is 0.327 e. The summed E-state index contributed by atoms with van der Waals surface area (Å²) in [5.74, 6) is -0.940. The summed E-state index contributed by atoms with van der Waals surface area (Å²) < 4.78 is 0. The number of carboxylic acid groups (broad SMARTS) is 1. The molecule has 0 saturated heterocycles. The van der Waals surface area contributed by atoms with Gasteiger partial charge in [0.05, 0.1) is 10.2 Å². The van der Waals surface area contributed by atoms with Gasteiger partial charge in [-0.1, -0.05) is 5.70 Å². The van der Waals surface area contributed by atoms with Crippen LogP contribution in [0.15, 0.2) is 11.8 Å². The normalized spacial score (nSPS) is 9.50. The minimum atomic E-state index is -0.940. The van der Waals surface area contributed by atoms with Crippen molar-refractivity contribution in [3.8, 4) is 0 Å². The van der Waals surface area contributed by atoms with E-state index in [4.69, 9.17) is 5.11 Å². The van der Waals surface area contributed by atoms with Gasteiger partial charge in [-0.3, -0.25) is 0 Å². The molecule has 3 heteroatoms. The maximum atomic E-state index is 9.48. The summed E-state index contributed by atoms with van der Waals surface area (Å²) in [5, 5.41) is 7.80. The van der Waals surface area contributed by atoms with E-state index in [2.05, 4.69) is 10.2 Å². The highest BCUT2D eigenvalue weighted by molar-refractivity contribution is 6.18. The van der Waals surface area contributed by atoms with Crippen LogP contribution in [0.5, 0.6) is 0 Å². The first-order chi connectivity index (χ1) is 2.77. The predicted molar refractivity (Wildman–Crippen MR) is 22.5 cm³/mol. The van der Waals surface area contributed by atoms with Gasteiger partial charge in [-0.25, -0.2) is 4.79 Å². The molecular weight excluding hydrogens is 96.1 g/mol. The minimum Gasteiger partial charge on any atom is -0.478 e. The number of carbonyl (C=O) groups is 1. The maximum Gasteiger partial charge on any atom is 0.327 e. The van der Waals surface area contributed by atoms with Crippen LogP contribution in [0.4, 0.5) is 0 Å². The Labute approximate surface area is 38.9 Å². The minimum absolute atomic E-state index is 0.940. The zero-order valence-electron chi connectivity index (χ0n) is 3.01. The fourth-order valence-electron chi connectivity index (χ4n) is 0.0713. The van der Waals surface area contributed by atoms with Crippen molar-refractivity contribution in [1.82, 2.24) is 0 Å².